The minimum Gasteiger partial charge on any atom is -0.379 e. The first-order valence-electron chi connectivity index (χ1n) is 12.1. The van der Waals surface area contributed by atoms with Crippen molar-refractivity contribution in [2.45, 2.75) is 38.8 Å². The summed E-state index contributed by atoms with van der Waals surface area (Å²) >= 11 is 0. The fourth-order valence-electron chi connectivity index (χ4n) is 5.64. The Hall–Kier alpha value is -2.00. The lowest BCUT2D eigenvalue weighted by atomic mass is 9.83. The summed E-state index contributed by atoms with van der Waals surface area (Å²) in [6.07, 6.45) is 1.57. The smallest absolute Gasteiger partial charge is 0.258 e. The van der Waals surface area contributed by atoms with E-state index in [-0.39, 0.29) is 23.1 Å². The van der Waals surface area contributed by atoms with Crippen LogP contribution in [-0.4, -0.2) is 67.3 Å². The second-order valence-electron chi connectivity index (χ2n) is 9.56. The first kappa shape index (κ1) is 22.8. The average molecular weight is 472 g/mol. The second-order valence-corrected chi connectivity index (χ2v) is 11.7. The maximum Gasteiger partial charge on any atom is 0.258 e. The fourth-order valence-corrected chi connectivity index (χ4v) is 7.26. The quantitative estimate of drug-likeness (QED) is 0.647. The molecule has 0 amide bonds. The van der Waals surface area contributed by atoms with Crippen LogP contribution in [0.5, 0.6) is 0 Å². The van der Waals surface area contributed by atoms with E-state index in [1.807, 2.05) is 35.8 Å². The van der Waals surface area contributed by atoms with Crippen molar-refractivity contribution in [3.8, 4) is 11.1 Å². The number of rotatable bonds is 6. The van der Waals surface area contributed by atoms with Crippen LogP contribution >= 0.6 is 0 Å². The summed E-state index contributed by atoms with van der Waals surface area (Å²) in [4.78, 5) is 16.0. The van der Waals surface area contributed by atoms with E-state index in [0.717, 1.165) is 61.7 Å². The molecule has 5 rings (SSSR count). The van der Waals surface area contributed by atoms with Crippen LogP contribution in [0.2, 0.25) is 0 Å². The lowest BCUT2D eigenvalue weighted by Gasteiger charge is -2.42. The van der Waals surface area contributed by atoms with Crippen LogP contribution < -0.4 is 5.56 Å². The average Bonchev–Trinajstić information content (AvgIpc) is 2.81. The second kappa shape index (κ2) is 9.33. The maximum atomic E-state index is 13.7. The molecule has 1 aromatic carbocycles. The van der Waals surface area contributed by atoms with E-state index >= 15 is 0 Å². The topological polar surface area (TPSA) is 71.9 Å². The highest BCUT2D eigenvalue weighted by atomic mass is 32.2. The van der Waals surface area contributed by atoms with Gasteiger partial charge in [0.05, 0.1) is 19.0 Å². The Bertz CT molecular complexity index is 1170. The highest BCUT2D eigenvalue weighted by Crippen LogP contribution is 2.37. The summed E-state index contributed by atoms with van der Waals surface area (Å²) in [5.41, 5.74) is 3.90. The lowest BCUT2D eigenvalue weighted by Crippen LogP contribution is -2.49. The molecule has 4 heterocycles. The Balaban J connectivity index is 1.46. The molecule has 178 valence electrons. The molecular weight excluding hydrogens is 438 g/mol. The summed E-state index contributed by atoms with van der Waals surface area (Å²) in [7, 11) is -3.23. The SMILES string of the molecule is CCCS(=O)(=O)N1C[C@@H]2C[C@H](C1)c1ccc(-c3ccccc3CN3CCOCC3)c(=O)n1C2. The fraction of sp³-hybridized carbons (Fsp3) is 0.560. The third-order valence-corrected chi connectivity index (χ3v) is 9.24. The van der Waals surface area contributed by atoms with Gasteiger partial charge < -0.3 is 9.30 Å². The lowest BCUT2D eigenvalue weighted by molar-refractivity contribution is 0.0342. The predicted octanol–water partition coefficient (Wildman–Crippen LogP) is 2.51. The van der Waals surface area contributed by atoms with Gasteiger partial charge in [0.1, 0.15) is 0 Å². The molecule has 33 heavy (non-hydrogen) atoms. The van der Waals surface area contributed by atoms with E-state index in [9.17, 15) is 13.2 Å². The van der Waals surface area contributed by atoms with E-state index in [2.05, 4.69) is 17.0 Å². The highest BCUT2D eigenvalue weighted by molar-refractivity contribution is 7.89. The zero-order valence-electron chi connectivity index (χ0n) is 19.3. The van der Waals surface area contributed by atoms with Gasteiger partial charge in [-0.2, -0.15) is 0 Å². The first-order chi connectivity index (χ1) is 16.0. The van der Waals surface area contributed by atoms with Crippen molar-refractivity contribution < 1.29 is 13.2 Å². The van der Waals surface area contributed by atoms with Gasteiger partial charge in [-0.3, -0.25) is 9.69 Å². The molecule has 0 aliphatic carbocycles. The molecular formula is C25H33N3O4S. The van der Waals surface area contributed by atoms with Crippen LogP contribution in [-0.2, 0) is 27.8 Å². The zero-order valence-corrected chi connectivity index (χ0v) is 20.1. The van der Waals surface area contributed by atoms with Gasteiger partial charge in [0, 0.05) is 56.4 Å². The van der Waals surface area contributed by atoms with E-state index < -0.39 is 10.0 Å². The van der Waals surface area contributed by atoms with Crippen molar-refractivity contribution in [3.05, 3.63) is 58.0 Å². The first-order valence-corrected chi connectivity index (χ1v) is 13.7. The molecule has 2 fully saturated rings. The van der Waals surface area contributed by atoms with Crippen molar-refractivity contribution in [2.24, 2.45) is 5.92 Å². The largest absolute Gasteiger partial charge is 0.379 e. The Kier molecular flexibility index (Phi) is 6.44. The number of nitrogens with zero attached hydrogens (tertiary/aromatic N) is 3. The van der Waals surface area contributed by atoms with Crippen molar-refractivity contribution in [1.82, 2.24) is 13.8 Å². The number of benzene rings is 1. The number of piperidine rings is 1. The van der Waals surface area contributed by atoms with Gasteiger partial charge in [0.15, 0.2) is 0 Å². The van der Waals surface area contributed by atoms with Crippen LogP contribution in [0.1, 0.15) is 36.9 Å². The molecule has 2 bridgehead atoms. The molecule has 0 spiro atoms. The van der Waals surface area contributed by atoms with Crippen molar-refractivity contribution >= 4 is 10.0 Å². The van der Waals surface area contributed by atoms with E-state index in [1.54, 1.807) is 4.31 Å². The number of ether oxygens (including phenoxy) is 1. The normalized spacial score (nSPS) is 23.9. The molecule has 0 N–H and O–H groups in total. The maximum absolute atomic E-state index is 13.7. The van der Waals surface area contributed by atoms with Gasteiger partial charge in [-0.15, -0.1) is 0 Å². The number of fused-ring (bicyclic) bond motifs is 4. The number of sulfonamides is 1. The summed E-state index contributed by atoms with van der Waals surface area (Å²) in [6.45, 7) is 7.58. The molecule has 0 radical (unpaired) electrons. The van der Waals surface area contributed by atoms with Crippen molar-refractivity contribution in [2.75, 3.05) is 45.1 Å². The van der Waals surface area contributed by atoms with Gasteiger partial charge in [-0.25, -0.2) is 12.7 Å². The van der Waals surface area contributed by atoms with Crippen LogP contribution in [0.25, 0.3) is 11.1 Å². The molecule has 0 unspecified atom stereocenters. The van der Waals surface area contributed by atoms with Crippen LogP contribution in [0, 0.1) is 5.92 Å². The predicted molar refractivity (Wildman–Crippen MR) is 129 cm³/mol. The summed E-state index contributed by atoms with van der Waals surface area (Å²) in [5.74, 6) is 0.451. The van der Waals surface area contributed by atoms with Crippen LogP contribution in [0.4, 0.5) is 0 Å². The van der Waals surface area contributed by atoms with Gasteiger partial charge in [-0.1, -0.05) is 31.2 Å². The van der Waals surface area contributed by atoms with Gasteiger partial charge in [0.2, 0.25) is 10.0 Å². The summed E-state index contributed by atoms with van der Waals surface area (Å²) in [6, 6.07) is 12.2. The molecule has 2 aromatic rings. The van der Waals surface area contributed by atoms with E-state index in [4.69, 9.17) is 4.74 Å². The monoisotopic (exact) mass is 471 g/mol. The summed E-state index contributed by atoms with van der Waals surface area (Å²) < 4.78 is 34.4. The summed E-state index contributed by atoms with van der Waals surface area (Å²) in [5, 5.41) is 0. The number of hydrogen-bond donors (Lipinski definition) is 0. The molecule has 2 saturated heterocycles. The van der Waals surface area contributed by atoms with Gasteiger partial charge in [0.25, 0.3) is 5.56 Å². The minimum absolute atomic E-state index is 0.0430. The number of hydrogen-bond acceptors (Lipinski definition) is 5. The highest BCUT2D eigenvalue weighted by Gasteiger charge is 2.39. The number of pyridine rings is 1. The Morgan fingerprint density at radius 3 is 2.58 bits per heavy atom. The van der Waals surface area contributed by atoms with Crippen molar-refractivity contribution in [3.63, 3.8) is 0 Å². The third kappa shape index (κ3) is 4.54. The number of morpholine rings is 1. The van der Waals surface area contributed by atoms with E-state index in [0.29, 0.717) is 26.1 Å². The zero-order chi connectivity index (χ0) is 23.0. The standard InChI is InChI=1S/C25H33N3O4S/c1-2-13-33(30,31)27-15-19-14-21(18-27)24-8-7-23(25(29)28(24)16-19)22-6-4-3-5-20(22)17-26-9-11-32-12-10-26/h3-8,19,21H,2,9-18H2,1H3/t19-,21+/m0/s1. The van der Waals surface area contributed by atoms with Gasteiger partial charge >= 0.3 is 0 Å². The Morgan fingerprint density at radius 1 is 1.00 bits per heavy atom. The van der Waals surface area contributed by atoms with Gasteiger partial charge in [-0.05, 0) is 42.0 Å². The third-order valence-electron chi connectivity index (χ3n) is 7.23. The van der Waals surface area contributed by atoms with E-state index in [1.165, 1.54) is 0 Å². The Labute approximate surface area is 196 Å². The minimum atomic E-state index is -3.23. The molecule has 2 atom stereocenters. The molecule has 1 aromatic heterocycles. The molecule has 3 aliphatic rings. The molecule has 3 aliphatic heterocycles. The van der Waals surface area contributed by atoms with Crippen molar-refractivity contribution in [1.29, 1.82) is 0 Å². The number of aromatic nitrogens is 1. The Morgan fingerprint density at radius 2 is 1.79 bits per heavy atom. The molecule has 7 nitrogen and oxygen atoms in total. The van der Waals surface area contributed by atoms with Crippen LogP contribution in [0.3, 0.4) is 0 Å². The molecule has 8 heteroatoms. The van der Waals surface area contributed by atoms with Crippen LogP contribution in [0.15, 0.2) is 41.2 Å². The molecule has 0 saturated carbocycles.